The molecule has 2 rings (SSSR count). The molecule has 1 atom stereocenters. The summed E-state index contributed by atoms with van der Waals surface area (Å²) in [6, 6.07) is 5.09. The number of benzene rings is 1. The fourth-order valence-electron chi connectivity index (χ4n) is 2.14. The number of aliphatic hydroxyl groups is 1. The van der Waals surface area contributed by atoms with Crippen molar-refractivity contribution in [2.24, 2.45) is 0 Å². The van der Waals surface area contributed by atoms with Crippen LogP contribution in [0.15, 0.2) is 22.7 Å². The van der Waals surface area contributed by atoms with Gasteiger partial charge in [0.1, 0.15) is 0 Å². The molecule has 0 radical (unpaired) electrons. The molecule has 5 heteroatoms. The number of nitrogens with zero attached hydrogens (tertiary/aromatic N) is 1. The van der Waals surface area contributed by atoms with Crippen LogP contribution in [0.5, 0.6) is 0 Å². The molecule has 1 aliphatic rings. The molecule has 1 N–H and O–H groups in total. The molecule has 0 spiro atoms. The van der Waals surface area contributed by atoms with Crippen molar-refractivity contribution < 1.29 is 9.90 Å². The maximum atomic E-state index is 12.3. The predicted octanol–water partition coefficient (Wildman–Crippen LogP) is 2.70. The second kappa shape index (κ2) is 5.38. The summed E-state index contributed by atoms with van der Waals surface area (Å²) >= 11 is 9.24. The van der Waals surface area contributed by atoms with E-state index in [9.17, 15) is 9.90 Å². The molecule has 1 aromatic rings. The van der Waals surface area contributed by atoms with Gasteiger partial charge in [0, 0.05) is 21.6 Å². The molecule has 1 aromatic carbocycles. The Kier molecular flexibility index (Phi) is 4.07. The van der Waals surface area contributed by atoms with Gasteiger partial charge < -0.3 is 10.0 Å². The number of carbonyl (C=O) groups is 1. The molecule has 3 nitrogen and oxygen atoms in total. The van der Waals surface area contributed by atoms with E-state index in [-0.39, 0.29) is 18.6 Å². The van der Waals surface area contributed by atoms with Crippen LogP contribution in [-0.2, 0) is 0 Å². The molecule has 92 valence electrons. The molecule has 0 unspecified atom stereocenters. The third-order valence-electron chi connectivity index (χ3n) is 2.96. The van der Waals surface area contributed by atoms with Crippen molar-refractivity contribution in [3.63, 3.8) is 0 Å². The van der Waals surface area contributed by atoms with E-state index in [1.165, 1.54) is 0 Å². The molecule has 1 amide bonds. The molecule has 1 fully saturated rings. The molecule has 1 aliphatic heterocycles. The first-order chi connectivity index (χ1) is 8.11. The lowest BCUT2D eigenvalue weighted by molar-refractivity contribution is 0.0677. The van der Waals surface area contributed by atoms with E-state index < -0.39 is 0 Å². The van der Waals surface area contributed by atoms with Gasteiger partial charge >= 0.3 is 0 Å². The normalized spacial score (nSPS) is 19.7. The van der Waals surface area contributed by atoms with Gasteiger partial charge in [-0.3, -0.25) is 4.79 Å². The van der Waals surface area contributed by atoms with Crippen LogP contribution in [0, 0.1) is 0 Å². The zero-order valence-electron chi connectivity index (χ0n) is 9.20. The number of likely N-dealkylation sites (tertiary alicyclic amines) is 1. The third kappa shape index (κ3) is 2.81. The van der Waals surface area contributed by atoms with E-state index in [0.29, 0.717) is 17.1 Å². The number of amides is 1. The summed E-state index contributed by atoms with van der Waals surface area (Å²) in [5.74, 6) is -0.0650. The average Bonchev–Trinajstić information content (AvgIpc) is 2.74. The van der Waals surface area contributed by atoms with Gasteiger partial charge in [-0.25, -0.2) is 0 Å². The summed E-state index contributed by atoms with van der Waals surface area (Å²) in [7, 11) is 0. The summed E-state index contributed by atoms with van der Waals surface area (Å²) < 4.78 is 0.785. The van der Waals surface area contributed by atoms with Gasteiger partial charge in [0.2, 0.25) is 0 Å². The van der Waals surface area contributed by atoms with Crippen molar-refractivity contribution >= 4 is 33.4 Å². The maximum Gasteiger partial charge on any atom is 0.254 e. The minimum atomic E-state index is -0.0650. The molecular formula is C12H13BrClNO2. The van der Waals surface area contributed by atoms with Crippen molar-refractivity contribution in [2.45, 2.75) is 18.9 Å². The molecule has 0 saturated carbocycles. The first kappa shape index (κ1) is 12.9. The van der Waals surface area contributed by atoms with Gasteiger partial charge in [-0.2, -0.15) is 0 Å². The molecule has 0 bridgehead atoms. The van der Waals surface area contributed by atoms with Crippen molar-refractivity contribution in [1.82, 2.24) is 4.90 Å². The van der Waals surface area contributed by atoms with Gasteiger partial charge in [0.25, 0.3) is 5.91 Å². The van der Waals surface area contributed by atoms with Gasteiger partial charge in [-0.1, -0.05) is 27.5 Å². The number of aliphatic hydroxyl groups excluding tert-OH is 1. The second-order valence-corrected chi connectivity index (χ2v) is 5.49. The minimum Gasteiger partial charge on any atom is -0.394 e. The SMILES string of the molecule is O=C(c1cc(Cl)cc(Br)c1)N1CCC[C@@H]1CO. The van der Waals surface area contributed by atoms with Crippen LogP contribution in [0.1, 0.15) is 23.2 Å². The number of carbonyl (C=O) groups excluding carboxylic acids is 1. The van der Waals surface area contributed by atoms with Crippen LogP contribution in [0.4, 0.5) is 0 Å². The van der Waals surface area contributed by atoms with E-state index >= 15 is 0 Å². The van der Waals surface area contributed by atoms with Crippen LogP contribution in [0.25, 0.3) is 0 Å². The van der Waals surface area contributed by atoms with Crippen LogP contribution in [0.3, 0.4) is 0 Å². The third-order valence-corrected chi connectivity index (χ3v) is 3.63. The standard InChI is InChI=1S/C12H13BrClNO2/c13-9-4-8(5-10(14)6-9)12(17)15-3-1-2-11(15)7-16/h4-6,11,16H,1-3,7H2/t11-/m1/s1. The molecule has 17 heavy (non-hydrogen) atoms. The average molecular weight is 319 g/mol. The Labute approximate surface area is 114 Å². The monoisotopic (exact) mass is 317 g/mol. The zero-order chi connectivity index (χ0) is 12.4. The van der Waals surface area contributed by atoms with Gasteiger partial charge in [-0.15, -0.1) is 0 Å². The Morgan fingerprint density at radius 2 is 2.29 bits per heavy atom. The Bertz CT molecular complexity index is 418. The van der Waals surface area contributed by atoms with Crippen LogP contribution >= 0.6 is 27.5 Å². The quantitative estimate of drug-likeness (QED) is 0.911. The number of hydrogen-bond acceptors (Lipinski definition) is 2. The van der Waals surface area contributed by atoms with E-state index in [1.54, 1.807) is 23.1 Å². The lowest BCUT2D eigenvalue weighted by Gasteiger charge is -2.23. The Morgan fingerprint density at radius 3 is 2.94 bits per heavy atom. The lowest BCUT2D eigenvalue weighted by Crippen LogP contribution is -2.37. The summed E-state index contributed by atoms with van der Waals surface area (Å²) in [4.78, 5) is 14.0. The largest absolute Gasteiger partial charge is 0.394 e. The van der Waals surface area contributed by atoms with Crippen LogP contribution in [-0.4, -0.2) is 35.1 Å². The van der Waals surface area contributed by atoms with Gasteiger partial charge in [0.05, 0.1) is 12.6 Å². The summed E-state index contributed by atoms with van der Waals surface area (Å²) in [5, 5.41) is 9.74. The van der Waals surface area contributed by atoms with Crippen LogP contribution in [0.2, 0.25) is 5.02 Å². The highest BCUT2D eigenvalue weighted by Crippen LogP contribution is 2.24. The number of halogens is 2. The topological polar surface area (TPSA) is 40.5 Å². The highest BCUT2D eigenvalue weighted by atomic mass is 79.9. The summed E-state index contributed by atoms with van der Waals surface area (Å²) in [6.07, 6.45) is 1.81. The summed E-state index contributed by atoms with van der Waals surface area (Å²) in [6.45, 7) is 0.724. The molecule has 1 saturated heterocycles. The van der Waals surface area contributed by atoms with Gasteiger partial charge in [0.15, 0.2) is 0 Å². The first-order valence-electron chi connectivity index (χ1n) is 5.49. The van der Waals surface area contributed by atoms with Crippen LogP contribution < -0.4 is 0 Å². The highest BCUT2D eigenvalue weighted by Gasteiger charge is 2.28. The second-order valence-electron chi connectivity index (χ2n) is 4.14. The summed E-state index contributed by atoms with van der Waals surface area (Å²) in [5.41, 5.74) is 0.560. The molecule has 0 aromatic heterocycles. The fourth-order valence-corrected chi connectivity index (χ4v) is 3.00. The zero-order valence-corrected chi connectivity index (χ0v) is 11.5. The maximum absolute atomic E-state index is 12.3. The first-order valence-corrected chi connectivity index (χ1v) is 6.67. The van der Waals surface area contributed by atoms with Crippen molar-refractivity contribution in [3.05, 3.63) is 33.3 Å². The smallest absolute Gasteiger partial charge is 0.254 e. The van der Waals surface area contributed by atoms with Crippen molar-refractivity contribution in [1.29, 1.82) is 0 Å². The minimum absolute atomic E-state index is 0.0213. The number of rotatable bonds is 2. The Balaban J connectivity index is 2.24. The molecule has 1 heterocycles. The molecular weight excluding hydrogens is 305 g/mol. The number of hydrogen-bond donors (Lipinski definition) is 1. The lowest BCUT2D eigenvalue weighted by atomic mass is 10.2. The van der Waals surface area contributed by atoms with Crippen molar-refractivity contribution in [2.75, 3.05) is 13.2 Å². The van der Waals surface area contributed by atoms with E-state index in [4.69, 9.17) is 11.6 Å². The Hall–Kier alpha value is -0.580. The van der Waals surface area contributed by atoms with E-state index in [0.717, 1.165) is 17.3 Å². The van der Waals surface area contributed by atoms with Gasteiger partial charge in [-0.05, 0) is 31.0 Å². The van der Waals surface area contributed by atoms with E-state index in [2.05, 4.69) is 15.9 Å². The molecule has 0 aliphatic carbocycles. The predicted molar refractivity (Wildman–Crippen MR) is 70.3 cm³/mol. The van der Waals surface area contributed by atoms with E-state index in [1.807, 2.05) is 0 Å². The fraction of sp³-hybridized carbons (Fsp3) is 0.417. The Morgan fingerprint density at radius 1 is 1.53 bits per heavy atom. The highest BCUT2D eigenvalue weighted by molar-refractivity contribution is 9.10. The van der Waals surface area contributed by atoms with Crippen molar-refractivity contribution in [3.8, 4) is 0 Å².